The first-order valence-electron chi connectivity index (χ1n) is 7.63. The van der Waals surface area contributed by atoms with Crippen LogP contribution in [0.15, 0.2) is 43.0 Å². The molecule has 114 valence electrons. The number of carbonyl (C=O) groups is 1. The zero-order chi connectivity index (χ0) is 15.3. The van der Waals surface area contributed by atoms with E-state index >= 15 is 0 Å². The summed E-state index contributed by atoms with van der Waals surface area (Å²) in [5.41, 5.74) is 1.13. The van der Waals surface area contributed by atoms with Crippen molar-refractivity contribution in [3.63, 3.8) is 0 Å². The summed E-state index contributed by atoms with van der Waals surface area (Å²) in [5.74, 6) is 0. The Morgan fingerprint density at radius 1 is 1.43 bits per heavy atom. The van der Waals surface area contributed by atoms with Crippen LogP contribution in [-0.4, -0.2) is 23.6 Å². The fraction of sp³-hybridized carbons (Fsp3) is 0.500. The molecule has 21 heavy (non-hydrogen) atoms. The largest absolute Gasteiger partial charge is 0.445 e. The standard InChI is InChI=1S/C18H25NO2/c1-4-9-16-18(2,3)12-8-13-19(16)17(20)21-14-15-10-6-5-7-11-15/h4-7,10-11,16H,1,8-9,12-14H2,2-3H3. The summed E-state index contributed by atoms with van der Waals surface area (Å²) in [6.07, 6.45) is 4.66. The van der Waals surface area contributed by atoms with Crippen molar-refractivity contribution in [1.82, 2.24) is 4.90 Å². The summed E-state index contributed by atoms with van der Waals surface area (Å²) >= 11 is 0. The summed E-state index contributed by atoms with van der Waals surface area (Å²) in [6.45, 7) is 9.37. The van der Waals surface area contributed by atoms with Gasteiger partial charge in [0.05, 0.1) is 0 Å². The van der Waals surface area contributed by atoms with Crippen LogP contribution in [0.4, 0.5) is 4.79 Å². The highest BCUT2D eigenvalue weighted by atomic mass is 16.6. The Bertz CT molecular complexity index is 481. The number of piperidine rings is 1. The first-order chi connectivity index (χ1) is 10.0. The number of rotatable bonds is 4. The van der Waals surface area contributed by atoms with Crippen molar-refractivity contribution in [2.75, 3.05) is 6.54 Å². The van der Waals surface area contributed by atoms with Gasteiger partial charge in [0.1, 0.15) is 6.61 Å². The third kappa shape index (κ3) is 3.87. The van der Waals surface area contributed by atoms with Gasteiger partial charge >= 0.3 is 6.09 Å². The highest BCUT2D eigenvalue weighted by Crippen LogP contribution is 2.37. The number of likely N-dealkylation sites (tertiary alicyclic amines) is 1. The van der Waals surface area contributed by atoms with E-state index in [0.29, 0.717) is 6.61 Å². The van der Waals surface area contributed by atoms with Gasteiger partial charge < -0.3 is 9.64 Å². The number of hydrogen-bond acceptors (Lipinski definition) is 2. The molecule has 2 rings (SSSR count). The van der Waals surface area contributed by atoms with E-state index in [2.05, 4.69) is 20.4 Å². The minimum Gasteiger partial charge on any atom is -0.445 e. The normalized spacial score (nSPS) is 20.9. The second-order valence-electron chi connectivity index (χ2n) is 6.37. The van der Waals surface area contributed by atoms with Gasteiger partial charge in [-0.05, 0) is 30.2 Å². The van der Waals surface area contributed by atoms with E-state index in [1.54, 1.807) is 0 Å². The van der Waals surface area contributed by atoms with Gasteiger partial charge in [-0.25, -0.2) is 4.79 Å². The van der Waals surface area contributed by atoms with Crippen molar-refractivity contribution >= 4 is 6.09 Å². The predicted molar refractivity (Wildman–Crippen MR) is 85.0 cm³/mol. The van der Waals surface area contributed by atoms with E-state index in [4.69, 9.17) is 4.74 Å². The molecule has 1 aromatic rings. The van der Waals surface area contributed by atoms with Crippen LogP contribution in [0.25, 0.3) is 0 Å². The van der Waals surface area contributed by atoms with Crippen LogP contribution < -0.4 is 0 Å². The van der Waals surface area contributed by atoms with Gasteiger partial charge in [0.2, 0.25) is 0 Å². The molecule has 0 saturated carbocycles. The van der Waals surface area contributed by atoms with Crippen LogP contribution in [0, 0.1) is 5.41 Å². The highest BCUT2D eigenvalue weighted by molar-refractivity contribution is 5.68. The Morgan fingerprint density at radius 2 is 2.14 bits per heavy atom. The van der Waals surface area contributed by atoms with E-state index in [0.717, 1.165) is 31.4 Å². The SMILES string of the molecule is C=CCC1N(C(=O)OCc2ccccc2)CCCC1(C)C. The van der Waals surface area contributed by atoms with Gasteiger partial charge in [-0.1, -0.05) is 50.3 Å². The zero-order valence-electron chi connectivity index (χ0n) is 13.0. The average molecular weight is 287 g/mol. The molecule has 0 N–H and O–H groups in total. The number of ether oxygens (including phenoxy) is 1. The van der Waals surface area contributed by atoms with Crippen molar-refractivity contribution in [3.05, 3.63) is 48.6 Å². The fourth-order valence-corrected chi connectivity index (χ4v) is 3.07. The van der Waals surface area contributed by atoms with Crippen molar-refractivity contribution < 1.29 is 9.53 Å². The van der Waals surface area contributed by atoms with Crippen molar-refractivity contribution in [3.8, 4) is 0 Å². The van der Waals surface area contributed by atoms with Crippen molar-refractivity contribution in [2.24, 2.45) is 5.41 Å². The molecule has 1 aliphatic heterocycles. The lowest BCUT2D eigenvalue weighted by molar-refractivity contribution is 0.0212. The van der Waals surface area contributed by atoms with Crippen LogP contribution in [-0.2, 0) is 11.3 Å². The summed E-state index contributed by atoms with van der Waals surface area (Å²) in [5, 5.41) is 0. The molecule has 1 aliphatic rings. The lowest BCUT2D eigenvalue weighted by Crippen LogP contribution is -2.52. The van der Waals surface area contributed by atoms with Gasteiger partial charge in [0.25, 0.3) is 0 Å². The summed E-state index contributed by atoms with van der Waals surface area (Å²) in [6, 6.07) is 9.97. The Kier molecular flexibility index (Phi) is 5.05. The molecule has 1 heterocycles. The molecule has 1 amide bonds. The molecule has 1 saturated heterocycles. The second kappa shape index (κ2) is 6.79. The van der Waals surface area contributed by atoms with E-state index in [1.807, 2.05) is 41.3 Å². The second-order valence-corrected chi connectivity index (χ2v) is 6.37. The quantitative estimate of drug-likeness (QED) is 0.769. The molecule has 0 radical (unpaired) electrons. The smallest absolute Gasteiger partial charge is 0.410 e. The molecule has 3 heteroatoms. The molecular formula is C18H25NO2. The van der Waals surface area contributed by atoms with Crippen LogP contribution in [0.3, 0.4) is 0 Å². The van der Waals surface area contributed by atoms with E-state index in [9.17, 15) is 4.79 Å². The Hall–Kier alpha value is -1.77. The maximum Gasteiger partial charge on any atom is 0.410 e. The summed E-state index contributed by atoms with van der Waals surface area (Å²) in [4.78, 5) is 14.3. The zero-order valence-corrected chi connectivity index (χ0v) is 13.0. The molecule has 0 aliphatic carbocycles. The van der Waals surface area contributed by atoms with Crippen LogP contribution in [0.1, 0.15) is 38.7 Å². The van der Waals surface area contributed by atoms with Crippen LogP contribution in [0.2, 0.25) is 0 Å². The van der Waals surface area contributed by atoms with Gasteiger partial charge in [-0.2, -0.15) is 0 Å². The Morgan fingerprint density at radius 3 is 2.81 bits per heavy atom. The number of carbonyl (C=O) groups excluding carboxylic acids is 1. The third-order valence-electron chi connectivity index (χ3n) is 4.33. The van der Waals surface area contributed by atoms with Crippen LogP contribution >= 0.6 is 0 Å². The van der Waals surface area contributed by atoms with Gasteiger partial charge in [0.15, 0.2) is 0 Å². The predicted octanol–water partition coefficient (Wildman–Crippen LogP) is 4.39. The van der Waals surface area contributed by atoms with E-state index in [1.165, 1.54) is 0 Å². The molecule has 0 aromatic heterocycles. The first-order valence-corrected chi connectivity index (χ1v) is 7.63. The molecule has 0 spiro atoms. The number of amides is 1. The van der Waals surface area contributed by atoms with E-state index in [-0.39, 0.29) is 17.6 Å². The van der Waals surface area contributed by atoms with Gasteiger partial charge in [0, 0.05) is 12.6 Å². The Balaban J connectivity index is 2.00. The number of hydrogen-bond donors (Lipinski definition) is 0. The molecular weight excluding hydrogens is 262 g/mol. The fourth-order valence-electron chi connectivity index (χ4n) is 3.07. The topological polar surface area (TPSA) is 29.5 Å². The summed E-state index contributed by atoms with van der Waals surface area (Å²) < 4.78 is 5.49. The lowest BCUT2D eigenvalue weighted by atomic mass is 9.75. The minimum absolute atomic E-state index is 0.109. The highest BCUT2D eigenvalue weighted by Gasteiger charge is 2.39. The molecule has 1 unspecified atom stereocenters. The molecule has 1 atom stereocenters. The molecule has 1 aromatic carbocycles. The van der Waals surface area contributed by atoms with Crippen molar-refractivity contribution in [1.29, 1.82) is 0 Å². The van der Waals surface area contributed by atoms with Gasteiger partial charge in [-0.15, -0.1) is 6.58 Å². The number of benzene rings is 1. The Labute approximate surface area is 127 Å². The van der Waals surface area contributed by atoms with E-state index < -0.39 is 0 Å². The van der Waals surface area contributed by atoms with Crippen LogP contribution in [0.5, 0.6) is 0 Å². The number of nitrogens with zero attached hydrogens (tertiary/aromatic N) is 1. The monoisotopic (exact) mass is 287 g/mol. The average Bonchev–Trinajstić information content (AvgIpc) is 2.48. The molecule has 3 nitrogen and oxygen atoms in total. The third-order valence-corrected chi connectivity index (χ3v) is 4.33. The van der Waals surface area contributed by atoms with Gasteiger partial charge in [-0.3, -0.25) is 0 Å². The van der Waals surface area contributed by atoms with Crippen molar-refractivity contribution in [2.45, 2.75) is 45.8 Å². The maximum absolute atomic E-state index is 12.4. The minimum atomic E-state index is -0.210. The summed E-state index contributed by atoms with van der Waals surface area (Å²) in [7, 11) is 0. The first kappa shape index (κ1) is 15.6. The molecule has 1 fully saturated rings. The maximum atomic E-state index is 12.4. The molecule has 0 bridgehead atoms. The lowest BCUT2D eigenvalue weighted by Gasteiger charge is -2.45.